The van der Waals surface area contributed by atoms with Crippen molar-refractivity contribution < 1.29 is 9.90 Å². The standard InChI is InChI=1S/C13H8ClN3O2S/c14-7-3-1-6(2-4-7)10-8-5-9(12(18)19)20-11(8)17-13(15)16-10/h1-5H,(H,18,19)(H2,15,16,17). The van der Waals surface area contributed by atoms with E-state index in [4.69, 9.17) is 22.4 Å². The maximum Gasteiger partial charge on any atom is 0.345 e. The Kier molecular flexibility index (Phi) is 3.04. The summed E-state index contributed by atoms with van der Waals surface area (Å²) in [5, 5.41) is 10.4. The minimum atomic E-state index is -0.992. The number of nitrogens with two attached hydrogens (primary N) is 1. The number of thiophene rings is 1. The molecule has 20 heavy (non-hydrogen) atoms. The van der Waals surface area contributed by atoms with Gasteiger partial charge in [0.05, 0.1) is 5.69 Å². The molecule has 5 nitrogen and oxygen atoms in total. The molecule has 0 spiro atoms. The van der Waals surface area contributed by atoms with Crippen LogP contribution in [0.4, 0.5) is 5.95 Å². The van der Waals surface area contributed by atoms with Crippen molar-refractivity contribution in [3.8, 4) is 11.3 Å². The van der Waals surface area contributed by atoms with Gasteiger partial charge in [-0.15, -0.1) is 11.3 Å². The van der Waals surface area contributed by atoms with Gasteiger partial charge in [0.2, 0.25) is 5.95 Å². The maximum atomic E-state index is 11.1. The van der Waals surface area contributed by atoms with Gasteiger partial charge >= 0.3 is 5.97 Å². The van der Waals surface area contributed by atoms with Crippen LogP contribution in [0.25, 0.3) is 21.5 Å². The Balaban J connectivity index is 2.28. The van der Waals surface area contributed by atoms with Crippen molar-refractivity contribution >= 4 is 45.1 Å². The van der Waals surface area contributed by atoms with Gasteiger partial charge in [-0.1, -0.05) is 23.7 Å². The third-order valence-electron chi connectivity index (χ3n) is 2.74. The first kappa shape index (κ1) is 12.8. The molecule has 0 fully saturated rings. The lowest BCUT2D eigenvalue weighted by Gasteiger charge is -2.03. The Morgan fingerprint density at radius 1 is 1.25 bits per heavy atom. The molecule has 0 aliphatic rings. The summed E-state index contributed by atoms with van der Waals surface area (Å²) in [5.41, 5.74) is 7.10. The average molecular weight is 306 g/mol. The van der Waals surface area contributed by atoms with E-state index in [1.54, 1.807) is 18.2 Å². The summed E-state index contributed by atoms with van der Waals surface area (Å²) in [6, 6.07) is 8.66. The fourth-order valence-corrected chi connectivity index (χ4v) is 2.87. The molecule has 0 aliphatic carbocycles. The van der Waals surface area contributed by atoms with Crippen LogP contribution in [-0.4, -0.2) is 21.0 Å². The first-order valence-electron chi connectivity index (χ1n) is 5.61. The van der Waals surface area contributed by atoms with E-state index in [9.17, 15) is 4.79 Å². The monoisotopic (exact) mass is 305 g/mol. The van der Waals surface area contributed by atoms with Crippen molar-refractivity contribution in [2.45, 2.75) is 0 Å². The lowest BCUT2D eigenvalue weighted by Crippen LogP contribution is -1.96. The fraction of sp³-hybridized carbons (Fsp3) is 0. The van der Waals surface area contributed by atoms with Crippen LogP contribution in [0.2, 0.25) is 5.02 Å². The van der Waals surface area contributed by atoms with Crippen LogP contribution in [0.15, 0.2) is 30.3 Å². The number of carboxylic acid groups (broad SMARTS) is 1. The number of aromatic nitrogens is 2. The van der Waals surface area contributed by atoms with E-state index in [1.807, 2.05) is 12.1 Å². The van der Waals surface area contributed by atoms with E-state index in [1.165, 1.54) is 0 Å². The van der Waals surface area contributed by atoms with Gasteiger partial charge in [-0.25, -0.2) is 14.8 Å². The van der Waals surface area contributed by atoms with Gasteiger partial charge in [0.15, 0.2) is 0 Å². The van der Waals surface area contributed by atoms with Crippen LogP contribution in [0.3, 0.4) is 0 Å². The molecule has 0 saturated carbocycles. The summed E-state index contributed by atoms with van der Waals surface area (Å²) in [6.45, 7) is 0. The SMILES string of the molecule is Nc1nc(-c2ccc(Cl)cc2)c2cc(C(=O)O)sc2n1. The summed E-state index contributed by atoms with van der Waals surface area (Å²) in [6.07, 6.45) is 0. The summed E-state index contributed by atoms with van der Waals surface area (Å²) in [7, 11) is 0. The molecule has 0 aliphatic heterocycles. The van der Waals surface area contributed by atoms with Gasteiger partial charge in [-0.05, 0) is 18.2 Å². The molecule has 0 radical (unpaired) electrons. The number of carboxylic acids is 1. The Morgan fingerprint density at radius 2 is 1.95 bits per heavy atom. The first-order valence-corrected chi connectivity index (χ1v) is 6.80. The molecule has 3 rings (SSSR count). The highest BCUT2D eigenvalue weighted by atomic mass is 35.5. The molecule has 3 aromatic rings. The number of nitrogens with zero attached hydrogens (tertiary/aromatic N) is 2. The number of anilines is 1. The van der Waals surface area contributed by atoms with E-state index in [2.05, 4.69) is 9.97 Å². The molecular weight excluding hydrogens is 298 g/mol. The van der Waals surface area contributed by atoms with Crippen molar-refractivity contribution in [3.05, 3.63) is 40.2 Å². The van der Waals surface area contributed by atoms with Crippen LogP contribution in [0, 0.1) is 0 Å². The van der Waals surface area contributed by atoms with Gasteiger partial charge in [0, 0.05) is 16.0 Å². The van der Waals surface area contributed by atoms with E-state index in [-0.39, 0.29) is 10.8 Å². The number of nitrogen functional groups attached to an aromatic ring is 1. The van der Waals surface area contributed by atoms with E-state index >= 15 is 0 Å². The first-order chi connectivity index (χ1) is 9.54. The van der Waals surface area contributed by atoms with E-state index in [0.717, 1.165) is 16.9 Å². The Labute approximate surface area is 122 Å². The highest BCUT2D eigenvalue weighted by Crippen LogP contribution is 2.32. The molecular formula is C13H8ClN3O2S. The predicted octanol–water partition coefficient (Wildman–Crippen LogP) is 3.29. The number of fused-ring (bicyclic) bond motifs is 1. The molecule has 2 aromatic heterocycles. The van der Waals surface area contributed by atoms with Crippen LogP contribution in [-0.2, 0) is 0 Å². The molecule has 0 amide bonds. The maximum absolute atomic E-state index is 11.1. The quantitative estimate of drug-likeness (QED) is 0.758. The van der Waals surface area contributed by atoms with Crippen molar-refractivity contribution in [3.63, 3.8) is 0 Å². The molecule has 1 aromatic carbocycles. The number of hydrogen-bond acceptors (Lipinski definition) is 5. The number of rotatable bonds is 2. The highest BCUT2D eigenvalue weighted by Gasteiger charge is 2.15. The number of aromatic carboxylic acids is 1. The highest BCUT2D eigenvalue weighted by molar-refractivity contribution is 7.20. The Bertz CT molecular complexity index is 814. The van der Waals surface area contributed by atoms with Gasteiger partial charge in [-0.2, -0.15) is 0 Å². The lowest BCUT2D eigenvalue weighted by molar-refractivity contribution is 0.0702. The second-order valence-corrected chi connectivity index (χ2v) is 5.54. The van der Waals surface area contributed by atoms with Gasteiger partial charge < -0.3 is 10.8 Å². The Morgan fingerprint density at radius 3 is 2.60 bits per heavy atom. The molecule has 0 bridgehead atoms. The largest absolute Gasteiger partial charge is 0.477 e. The second kappa shape index (κ2) is 4.73. The van der Waals surface area contributed by atoms with Gasteiger partial charge in [0.1, 0.15) is 9.71 Å². The van der Waals surface area contributed by atoms with Gasteiger partial charge in [-0.3, -0.25) is 0 Å². The predicted molar refractivity (Wildman–Crippen MR) is 79.2 cm³/mol. The zero-order valence-electron chi connectivity index (χ0n) is 10.0. The van der Waals surface area contributed by atoms with Crippen molar-refractivity contribution in [2.24, 2.45) is 0 Å². The molecule has 0 saturated heterocycles. The molecule has 2 heterocycles. The van der Waals surface area contributed by atoms with Crippen LogP contribution in [0.5, 0.6) is 0 Å². The van der Waals surface area contributed by atoms with Crippen molar-refractivity contribution in [1.29, 1.82) is 0 Å². The minimum Gasteiger partial charge on any atom is -0.477 e. The summed E-state index contributed by atoms with van der Waals surface area (Å²) in [5.74, 6) is -0.880. The van der Waals surface area contributed by atoms with Gasteiger partial charge in [0.25, 0.3) is 0 Å². The molecule has 100 valence electrons. The zero-order valence-corrected chi connectivity index (χ0v) is 11.6. The number of benzene rings is 1. The molecule has 3 N–H and O–H groups in total. The number of hydrogen-bond donors (Lipinski definition) is 2. The molecule has 0 atom stereocenters. The van der Waals surface area contributed by atoms with Crippen LogP contribution in [0.1, 0.15) is 9.67 Å². The topological polar surface area (TPSA) is 89.1 Å². The van der Waals surface area contributed by atoms with E-state index < -0.39 is 5.97 Å². The normalized spacial score (nSPS) is 10.8. The summed E-state index contributed by atoms with van der Waals surface area (Å²) >= 11 is 6.94. The smallest absolute Gasteiger partial charge is 0.345 e. The fourth-order valence-electron chi connectivity index (χ4n) is 1.87. The van der Waals surface area contributed by atoms with Crippen molar-refractivity contribution in [1.82, 2.24) is 9.97 Å². The lowest BCUT2D eigenvalue weighted by atomic mass is 10.1. The average Bonchev–Trinajstić information content (AvgIpc) is 2.82. The second-order valence-electron chi connectivity index (χ2n) is 4.07. The summed E-state index contributed by atoms with van der Waals surface area (Å²) in [4.78, 5) is 20.1. The van der Waals surface area contributed by atoms with Crippen LogP contribution >= 0.6 is 22.9 Å². The summed E-state index contributed by atoms with van der Waals surface area (Å²) < 4.78 is 0. The third kappa shape index (κ3) is 2.19. The molecule has 0 unspecified atom stereocenters. The number of halogens is 1. The Hall–Kier alpha value is -2.18. The van der Waals surface area contributed by atoms with Crippen LogP contribution < -0.4 is 5.73 Å². The zero-order chi connectivity index (χ0) is 14.3. The number of carbonyl (C=O) groups is 1. The third-order valence-corrected chi connectivity index (χ3v) is 4.01. The minimum absolute atomic E-state index is 0.112. The molecule has 7 heteroatoms. The van der Waals surface area contributed by atoms with E-state index in [0.29, 0.717) is 20.9 Å². The van der Waals surface area contributed by atoms with Crippen molar-refractivity contribution in [2.75, 3.05) is 5.73 Å².